The van der Waals surface area contributed by atoms with Gasteiger partial charge in [-0.25, -0.2) is 13.1 Å². The Kier molecular flexibility index (Phi) is 4.76. The molecule has 0 amide bonds. The van der Waals surface area contributed by atoms with Gasteiger partial charge in [0.25, 0.3) is 0 Å². The fourth-order valence-corrected chi connectivity index (χ4v) is 2.77. The molecule has 2 aromatic carbocycles. The van der Waals surface area contributed by atoms with Gasteiger partial charge < -0.3 is 4.74 Å². The van der Waals surface area contributed by atoms with Crippen molar-refractivity contribution in [3.63, 3.8) is 0 Å². The van der Waals surface area contributed by atoms with Crippen LogP contribution in [0.15, 0.2) is 59.5 Å². The number of nitrogens with one attached hydrogen (secondary N) is 1. The number of aryl methyl sites for hydroxylation is 1. The van der Waals surface area contributed by atoms with E-state index in [0.717, 1.165) is 11.3 Å². The standard InChI is InChI=1S/C15H17NO3S/c1-13-7-5-6-10-15(13)19-12-11-16-20(17,18)14-8-3-2-4-9-14/h2-10,16H,11-12H2,1H3. The number of rotatable bonds is 6. The molecule has 0 unspecified atom stereocenters. The first-order valence-electron chi connectivity index (χ1n) is 6.33. The summed E-state index contributed by atoms with van der Waals surface area (Å²) in [5, 5.41) is 0. The number of sulfonamides is 1. The van der Waals surface area contributed by atoms with Gasteiger partial charge in [0.15, 0.2) is 0 Å². The first-order valence-corrected chi connectivity index (χ1v) is 7.81. The largest absolute Gasteiger partial charge is 0.492 e. The summed E-state index contributed by atoms with van der Waals surface area (Å²) in [5.41, 5.74) is 1.03. The highest BCUT2D eigenvalue weighted by molar-refractivity contribution is 7.89. The van der Waals surface area contributed by atoms with E-state index in [1.165, 1.54) is 0 Å². The molecule has 0 saturated carbocycles. The summed E-state index contributed by atoms with van der Waals surface area (Å²) in [5.74, 6) is 0.770. The lowest BCUT2D eigenvalue weighted by molar-refractivity contribution is 0.320. The molecular formula is C15H17NO3S. The van der Waals surface area contributed by atoms with Crippen LogP contribution in [-0.2, 0) is 10.0 Å². The second-order valence-electron chi connectivity index (χ2n) is 4.32. The molecule has 2 aromatic rings. The van der Waals surface area contributed by atoms with Gasteiger partial charge in [0.05, 0.1) is 4.90 Å². The van der Waals surface area contributed by atoms with Gasteiger partial charge in [0, 0.05) is 6.54 Å². The average molecular weight is 291 g/mol. The summed E-state index contributed by atoms with van der Waals surface area (Å²) in [6.07, 6.45) is 0. The summed E-state index contributed by atoms with van der Waals surface area (Å²) in [7, 11) is -3.45. The highest BCUT2D eigenvalue weighted by atomic mass is 32.2. The van der Waals surface area contributed by atoms with Crippen LogP contribution in [-0.4, -0.2) is 21.6 Å². The van der Waals surface area contributed by atoms with E-state index in [1.54, 1.807) is 30.3 Å². The molecule has 0 spiro atoms. The predicted molar refractivity (Wildman–Crippen MR) is 78.3 cm³/mol. The Morgan fingerprint density at radius 1 is 1.00 bits per heavy atom. The molecule has 0 heterocycles. The van der Waals surface area contributed by atoms with Gasteiger partial charge in [-0.3, -0.25) is 0 Å². The zero-order chi connectivity index (χ0) is 14.4. The topological polar surface area (TPSA) is 55.4 Å². The summed E-state index contributed by atoms with van der Waals surface area (Å²) in [4.78, 5) is 0.260. The van der Waals surface area contributed by atoms with Crippen LogP contribution in [0.25, 0.3) is 0 Å². The van der Waals surface area contributed by atoms with Gasteiger partial charge >= 0.3 is 0 Å². The van der Waals surface area contributed by atoms with E-state index < -0.39 is 10.0 Å². The maximum atomic E-state index is 11.9. The highest BCUT2D eigenvalue weighted by Crippen LogP contribution is 2.15. The molecule has 0 aliphatic carbocycles. The van der Waals surface area contributed by atoms with E-state index in [2.05, 4.69) is 4.72 Å². The quantitative estimate of drug-likeness (QED) is 0.831. The number of benzene rings is 2. The van der Waals surface area contributed by atoms with Crippen LogP contribution in [0, 0.1) is 6.92 Å². The van der Waals surface area contributed by atoms with Gasteiger partial charge in [0.2, 0.25) is 10.0 Å². The van der Waals surface area contributed by atoms with Crippen LogP contribution in [0.1, 0.15) is 5.56 Å². The molecule has 0 aliphatic heterocycles. The van der Waals surface area contributed by atoms with E-state index in [4.69, 9.17) is 4.74 Å². The Labute approximate surface area is 119 Å². The fourth-order valence-electron chi connectivity index (χ4n) is 1.74. The SMILES string of the molecule is Cc1ccccc1OCCNS(=O)(=O)c1ccccc1. The third kappa shape index (κ3) is 3.82. The van der Waals surface area contributed by atoms with Gasteiger partial charge in [-0.2, -0.15) is 0 Å². The molecule has 0 bridgehead atoms. The third-order valence-electron chi connectivity index (χ3n) is 2.80. The van der Waals surface area contributed by atoms with E-state index >= 15 is 0 Å². The highest BCUT2D eigenvalue weighted by Gasteiger charge is 2.12. The van der Waals surface area contributed by atoms with Crippen LogP contribution < -0.4 is 9.46 Å². The second kappa shape index (κ2) is 6.54. The Morgan fingerprint density at radius 2 is 1.65 bits per heavy atom. The van der Waals surface area contributed by atoms with Crippen molar-refractivity contribution in [2.24, 2.45) is 0 Å². The molecule has 0 atom stereocenters. The lowest BCUT2D eigenvalue weighted by atomic mass is 10.2. The minimum atomic E-state index is -3.45. The van der Waals surface area contributed by atoms with E-state index in [9.17, 15) is 8.42 Å². The van der Waals surface area contributed by atoms with Crippen LogP contribution in [0.5, 0.6) is 5.75 Å². The molecule has 4 nitrogen and oxygen atoms in total. The van der Waals surface area contributed by atoms with E-state index in [1.807, 2.05) is 31.2 Å². The summed E-state index contributed by atoms with van der Waals surface area (Å²) in [6.45, 7) is 2.46. The zero-order valence-electron chi connectivity index (χ0n) is 11.2. The fraction of sp³-hybridized carbons (Fsp3) is 0.200. The minimum Gasteiger partial charge on any atom is -0.492 e. The van der Waals surface area contributed by atoms with Crippen molar-refractivity contribution in [3.8, 4) is 5.75 Å². The second-order valence-corrected chi connectivity index (χ2v) is 6.09. The normalized spacial score (nSPS) is 11.2. The van der Waals surface area contributed by atoms with Crippen LogP contribution in [0.4, 0.5) is 0 Å². The summed E-state index contributed by atoms with van der Waals surface area (Å²) in [6, 6.07) is 15.9. The molecule has 2 rings (SSSR count). The van der Waals surface area contributed by atoms with Crippen molar-refractivity contribution in [2.75, 3.05) is 13.2 Å². The third-order valence-corrected chi connectivity index (χ3v) is 4.28. The van der Waals surface area contributed by atoms with Crippen molar-refractivity contribution < 1.29 is 13.2 Å². The Balaban J connectivity index is 1.86. The van der Waals surface area contributed by atoms with Crippen molar-refractivity contribution in [2.45, 2.75) is 11.8 Å². The van der Waals surface area contributed by atoms with E-state index in [0.29, 0.717) is 0 Å². The van der Waals surface area contributed by atoms with Crippen LogP contribution >= 0.6 is 0 Å². The molecule has 20 heavy (non-hydrogen) atoms. The number of hydrogen-bond donors (Lipinski definition) is 1. The smallest absolute Gasteiger partial charge is 0.240 e. The van der Waals surface area contributed by atoms with E-state index in [-0.39, 0.29) is 18.0 Å². The monoisotopic (exact) mass is 291 g/mol. The molecule has 1 N–H and O–H groups in total. The van der Waals surface area contributed by atoms with Crippen molar-refractivity contribution in [3.05, 3.63) is 60.2 Å². The minimum absolute atomic E-state index is 0.228. The Hall–Kier alpha value is -1.85. The lowest BCUT2D eigenvalue weighted by Crippen LogP contribution is -2.28. The number of ether oxygens (including phenoxy) is 1. The van der Waals surface area contributed by atoms with Gasteiger partial charge in [-0.15, -0.1) is 0 Å². The molecule has 0 fully saturated rings. The molecule has 0 aromatic heterocycles. The number of para-hydroxylation sites is 1. The lowest BCUT2D eigenvalue weighted by Gasteiger charge is -2.10. The molecule has 106 valence electrons. The summed E-state index contributed by atoms with van der Waals surface area (Å²) >= 11 is 0. The summed E-state index contributed by atoms with van der Waals surface area (Å²) < 4.78 is 31.9. The maximum Gasteiger partial charge on any atom is 0.240 e. The van der Waals surface area contributed by atoms with Crippen molar-refractivity contribution in [1.29, 1.82) is 0 Å². The first kappa shape index (κ1) is 14.6. The van der Waals surface area contributed by atoms with Gasteiger partial charge in [-0.1, -0.05) is 36.4 Å². The molecule has 0 radical (unpaired) electrons. The van der Waals surface area contributed by atoms with Crippen molar-refractivity contribution in [1.82, 2.24) is 4.72 Å². The average Bonchev–Trinajstić information content (AvgIpc) is 2.46. The zero-order valence-corrected chi connectivity index (χ0v) is 12.1. The van der Waals surface area contributed by atoms with Gasteiger partial charge in [0.1, 0.15) is 12.4 Å². The number of hydrogen-bond acceptors (Lipinski definition) is 3. The van der Waals surface area contributed by atoms with Crippen molar-refractivity contribution >= 4 is 10.0 Å². The molecule has 0 saturated heterocycles. The Bertz CT molecular complexity index is 654. The molecule has 0 aliphatic rings. The van der Waals surface area contributed by atoms with Gasteiger partial charge in [-0.05, 0) is 30.7 Å². The molecular weight excluding hydrogens is 274 g/mol. The predicted octanol–water partition coefficient (Wildman–Crippen LogP) is 2.35. The first-order chi connectivity index (χ1) is 9.59. The van der Waals surface area contributed by atoms with Crippen LogP contribution in [0.2, 0.25) is 0 Å². The Morgan fingerprint density at radius 3 is 2.35 bits per heavy atom. The molecule has 5 heteroatoms. The van der Waals surface area contributed by atoms with Crippen LogP contribution in [0.3, 0.4) is 0 Å². The maximum absolute atomic E-state index is 11.9.